The minimum Gasteiger partial charge on any atom is -0.333 e. The van der Waals surface area contributed by atoms with Gasteiger partial charge in [0, 0.05) is 13.1 Å². The summed E-state index contributed by atoms with van der Waals surface area (Å²) < 4.78 is 0. The maximum absolute atomic E-state index is 12.4. The molecule has 104 valence electrons. The van der Waals surface area contributed by atoms with Crippen molar-refractivity contribution in [2.45, 2.75) is 20.4 Å². The van der Waals surface area contributed by atoms with Crippen LogP contribution >= 0.6 is 11.6 Å². The minimum atomic E-state index is -0.139. The molecule has 0 unspecified atom stereocenters. The van der Waals surface area contributed by atoms with Crippen LogP contribution < -0.4 is 0 Å². The zero-order chi connectivity index (χ0) is 14.5. The molecule has 4 nitrogen and oxygen atoms in total. The molecule has 0 atom stereocenters. The molecule has 5 heteroatoms. The molecular weight excluding hydrogens is 274 g/mol. The normalized spacial score (nSPS) is 10.3. The fourth-order valence-corrected chi connectivity index (χ4v) is 2.01. The highest BCUT2D eigenvalue weighted by atomic mass is 35.5. The van der Waals surface area contributed by atoms with E-state index in [0.717, 1.165) is 5.56 Å². The van der Waals surface area contributed by atoms with E-state index in [-0.39, 0.29) is 11.1 Å². The van der Waals surface area contributed by atoms with Gasteiger partial charge in [-0.2, -0.15) is 0 Å². The van der Waals surface area contributed by atoms with Crippen LogP contribution in [0.1, 0.15) is 28.5 Å². The average molecular weight is 290 g/mol. The largest absolute Gasteiger partial charge is 0.333 e. The summed E-state index contributed by atoms with van der Waals surface area (Å²) in [6.07, 6.45) is 0. The van der Waals surface area contributed by atoms with Crippen molar-refractivity contribution in [3.8, 4) is 0 Å². The predicted octanol–water partition coefficient (Wildman–Crippen LogP) is 3.10. The van der Waals surface area contributed by atoms with Crippen molar-refractivity contribution < 1.29 is 4.79 Å². The zero-order valence-electron chi connectivity index (χ0n) is 11.5. The van der Waals surface area contributed by atoms with Gasteiger partial charge in [-0.25, -0.2) is 0 Å². The van der Waals surface area contributed by atoms with Gasteiger partial charge in [-0.3, -0.25) is 4.79 Å². The lowest BCUT2D eigenvalue weighted by molar-refractivity contribution is 0.0745. The quantitative estimate of drug-likeness (QED) is 0.869. The standard InChI is InChI=1S/C15H16ClN3O/c1-3-19(10-12-7-5-4-6-11(12)2)15(20)13-8-9-14(16)18-17-13/h4-9H,3,10H2,1-2H3. The first-order chi connectivity index (χ1) is 9.61. The molecule has 0 saturated heterocycles. The van der Waals surface area contributed by atoms with Gasteiger partial charge in [0.2, 0.25) is 0 Å². The Morgan fingerprint density at radius 2 is 1.95 bits per heavy atom. The van der Waals surface area contributed by atoms with Crippen LogP contribution in [-0.2, 0) is 6.54 Å². The maximum Gasteiger partial charge on any atom is 0.274 e. The summed E-state index contributed by atoms with van der Waals surface area (Å²) in [5.41, 5.74) is 2.61. The molecule has 0 spiro atoms. The second kappa shape index (κ2) is 6.48. The Labute approximate surface area is 123 Å². The number of amides is 1. The third-order valence-electron chi connectivity index (χ3n) is 3.14. The number of carbonyl (C=O) groups excluding carboxylic acids is 1. The first kappa shape index (κ1) is 14.5. The summed E-state index contributed by atoms with van der Waals surface area (Å²) in [5, 5.41) is 7.83. The van der Waals surface area contributed by atoms with Crippen molar-refractivity contribution in [1.29, 1.82) is 0 Å². The van der Waals surface area contributed by atoms with Crippen LogP contribution in [0.5, 0.6) is 0 Å². The number of carbonyl (C=O) groups is 1. The van der Waals surface area contributed by atoms with E-state index in [9.17, 15) is 4.79 Å². The molecule has 2 rings (SSSR count). The van der Waals surface area contributed by atoms with Crippen LogP contribution in [-0.4, -0.2) is 27.5 Å². The number of nitrogens with zero attached hydrogens (tertiary/aromatic N) is 3. The van der Waals surface area contributed by atoms with E-state index in [1.165, 1.54) is 5.56 Å². The van der Waals surface area contributed by atoms with Crippen molar-refractivity contribution in [3.63, 3.8) is 0 Å². The average Bonchev–Trinajstić information content (AvgIpc) is 2.46. The number of rotatable bonds is 4. The maximum atomic E-state index is 12.4. The lowest BCUT2D eigenvalue weighted by atomic mass is 10.1. The van der Waals surface area contributed by atoms with Crippen LogP contribution in [0.25, 0.3) is 0 Å². The third kappa shape index (κ3) is 3.33. The van der Waals surface area contributed by atoms with Crippen molar-refractivity contribution in [3.05, 3.63) is 58.4 Å². The van der Waals surface area contributed by atoms with Crippen LogP contribution in [0.3, 0.4) is 0 Å². The van der Waals surface area contributed by atoms with Crippen LogP contribution in [0.4, 0.5) is 0 Å². The van der Waals surface area contributed by atoms with Crippen LogP contribution in [0.2, 0.25) is 5.15 Å². The fraction of sp³-hybridized carbons (Fsp3) is 0.267. The molecule has 0 fully saturated rings. The Hall–Kier alpha value is -1.94. The molecule has 1 aromatic heterocycles. The number of aromatic nitrogens is 2. The third-order valence-corrected chi connectivity index (χ3v) is 3.34. The van der Waals surface area contributed by atoms with E-state index in [1.807, 2.05) is 38.1 Å². The van der Waals surface area contributed by atoms with Crippen molar-refractivity contribution in [1.82, 2.24) is 15.1 Å². The molecule has 0 aliphatic carbocycles. The van der Waals surface area contributed by atoms with E-state index < -0.39 is 0 Å². The summed E-state index contributed by atoms with van der Waals surface area (Å²) >= 11 is 5.68. The molecule has 1 heterocycles. The molecule has 0 bridgehead atoms. The smallest absolute Gasteiger partial charge is 0.274 e. The van der Waals surface area contributed by atoms with E-state index in [1.54, 1.807) is 17.0 Å². The second-order valence-electron chi connectivity index (χ2n) is 4.49. The Bertz CT molecular complexity index is 598. The van der Waals surface area contributed by atoms with Crippen molar-refractivity contribution in [2.75, 3.05) is 6.54 Å². The number of aryl methyl sites for hydroxylation is 1. The summed E-state index contributed by atoms with van der Waals surface area (Å²) in [4.78, 5) is 14.1. The fourth-order valence-electron chi connectivity index (χ4n) is 1.91. The molecule has 0 saturated carbocycles. The first-order valence-electron chi connectivity index (χ1n) is 6.45. The van der Waals surface area contributed by atoms with Crippen molar-refractivity contribution in [2.24, 2.45) is 0 Å². The molecule has 1 aromatic carbocycles. The summed E-state index contributed by atoms with van der Waals surface area (Å²) in [7, 11) is 0. The molecule has 1 amide bonds. The van der Waals surface area contributed by atoms with Gasteiger partial charge >= 0.3 is 0 Å². The topological polar surface area (TPSA) is 46.1 Å². The van der Waals surface area contributed by atoms with E-state index >= 15 is 0 Å². The Balaban J connectivity index is 2.18. The van der Waals surface area contributed by atoms with Crippen LogP contribution in [0.15, 0.2) is 36.4 Å². The van der Waals surface area contributed by atoms with Crippen LogP contribution in [0, 0.1) is 6.92 Å². The van der Waals surface area contributed by atoms with E-state index in [0.29, 0.717) is 18.8 Å². The molecule has 0 N–H and O–H groups in total. The number of hydrogen-bond donors (Lipinski definition) is 0. The zero-order valence-corrected chi connectivity index (χ0v) is 12.3. The van der Waals surface area contributed by atoms with Gasteiger partial charge in [0.15, 0.2) is 10.8 Å². The highest BCUT2D eigenvalue weighted by Gasteiger charge is 2.16. The number of benzene rings is 1. The number of hydrogen-bond acceptors (Lipinski definition) is 3. The van der Waals surface area contributed by atoms with Gasteiger partial charge in [0.25, 0.3) is 5.91 Å². The molecule has 0 aliphatic heterocycles. The molecule has 0 aliphatic rings. The minimum absolute atomic E-state index is 0.139. The Kier molecular flexibility index (Phi) is 4.69. The lowest BCUT2D eigenvalue weighted by Gasteiger charge is -2.21. The van der Waals surface area contributed by atoms with Gasteiger partial charge in [-0.15, -0.1) is 10.2 Å². The predicted molar refractivity (Wildman–Crippen MR) is 78.6 cm³/mol. The van der Waals surface area contributed by atoms with Gasteiger partial charge in [0.05, 0.1) is 0 Å². The Morgan fingerprint density at radius 1 is 1.20 bits per heavy atom. The van der Waals surface area contributed by atoms with Gasteiger partial charge in [-0.1, -0.05) is 35.9 Å². The summed E-state index contributed by atoms with van der Waals surface area (Å²) in [6, 6.07) is 11.2. The van der Waals surface area contributed by atoms with E-state index in [2.05, 4.69) is 10.2 Å². The number of halogens is 1. The SMILES string of the molecule is CCN(Cc1ccccc1C)C(=O)c1ccc(Cl)nn1. The summed E-state index contributed by atoms with van der Waals surface area (Å²) in [6.45, 7) is 5.15. The highest BCUT2D eigenvalue weighted by Crippen LogP contribution is 2.13. The summed E-state index contributed by atoms with van der Waals surface area (Å²) in [5.74, 6) is -0.139. The van der Waals surface area contributed by atoms with Crippen molar-refractivity contribution >= 4 is 17.5 Å². The molecule has 2 aromatic rings. The molecule has 20 heavy (non-hydrogen) atoms. The van der Waals surface area contributed by atoms with Gasteiger partial charge in [0.1, 0.15) is 0 Å². The second-order valence-corrected chi connectivity index (χ2v) is 4.87. The monoisotopic (exact) mass is 289 g/mol. The van der Waals surface area contributed by atoms with Gasteiger partial charge in [-0.05, 0) is 37.1 Å². The molecule has 0 radical (unpaired) electrons. The van der Waals surface area contributed by atoms with Gasteiger partial charge < -0.3 is 4.90 Å². The first-order valence-corrected chi connectivity index (χ1v) is 6.82. The molecular formula is C15H16ClN3O. The highest BCUT2D eigenvalue weighted by molar-refractivity contribution is 6.29. The Morgan fingerprint density at radius 3 is 2.55 bits per heavy atom. The van der Waals surface area contributed by atoms with E-state index in [4.69, 9.17) is 11.6 Å². The lowest BCUT2D eigenvalue weighted by Crippen LogP contribution is -2.31.